The van der Waals surface area contributed by atoms with Gasteiger partial charge in [0.05, 0.1) is 13.2 Å². The fourth-order valence-electron chi connectivity index (χ4n) is 1.79. The van der Waals surface area contributed by atoms with Crippen LogP contribution >= 0.6 is 0 Å². The van der Waals surface area contributed by atoms with Crippen molar-refractivity contribution >= 4 is 17.8 Å². The molecule has 0 radical (unpaired) electrons. The molecule has 0 spiro atoms. The highest BCUT2D eigenvalue weighted by Gasteiger charge is 1.97. The zero-order chi connectivity index (χ0) is 16.3. The standard InChI is InChI=1S/C17H20FN3O2/c1-19-16-6-4-14(5-7-16)2-3-15-12-20-17(21-13-15)23-11-10-22-9-8-18/h2-7,12-13,19H,8-11H2,1H3. The van der Waals surface area contributed by atoms with E-state index in [-0.39, 0.29) is 12.6 Å². The number of ether oxygens (including phenoxy) is 2. The van der Waals surface area contributed by atoms with Gasteiger partial charge in [-0.25, -0.2) is 14.4 Å². The highest BCUT2D eigenvalue weighted by molar-refractivity contribution is 5.69. The van der Waals surface area contributed by atoms with Gasteiger partial charge in [-0.2, -0.15) is 0 Å². The first-order valence-electron chi connectivity index (χ1n) is 7.36. The molecule has 0 saturated carbocycles. The van der Waals surface area contributed by atoms with Crippen LogP contribution in [0.2, 0.25) is 0 Å². The van der Waals surface area contributed by atoms with Crippen LogP contribution in [0.5, 0.6) is 6.01 Å². The van der Waals surface area contributed by atoms with E-state index in [4.69, 9.17) is 9.47 Å². The molecule has 0 bridgehead atoms. The van der Waals surface area contributed by atoms with Gasteiger partial charge in [0, 0.05) is 30.7 Å². The topological polar surface area (TPSA) is 56.3 Å². The fraction of sp³-hybridized carbons (Fsp3) is 0.294. The van der Waals surface area contributed by atoms with Crippen LogP contribution in [0, 0.1) is 0 Å². The molecule has 2 rings (SSSR count). The molecule has 0 aliphatic carbocycles. The highest BCUT2D eigenvalue weighted by Crippen LogP contribution is 2.12. The Kier molecular flexibility index (Phi) is 7.00. The Balaban J connectivity index is 1.82. The van der Waals surface area contributed by atoms with E-state index in [1.807, 2.05) is 43.5 Å². The molecule has 1 N–H and O–H groups in total. The zero-order valence-electron chi connectivity index (χ0n) is 13.0. The van der Waals surface area contributed by atoms with Gasteiger partial charge >= 0.3 is 6.01 Å². The molecular formula is C17H20FN3O2. The minimum atomic E-state index is -0.491. The largest absolute Gasteiger partial charge is 0.461 e. The number of hydrogen-bond acceptors (Lipinski definition) is 5. The summed E-state index contributed by atoms with van der Waals surface area (Å²) in [5.41, 5.74) is 3.04. The SMILES string of the molecule is CNc1ccc(C=Cc2cnc(OCCOCCF)nc2)cc1. The molecule has 2 aromatic rings. The Morgan fingerprint density at radius 1 is 1.00 bits per heavy atom. The molecule has 6 heteroatoms. The minimum absolute atomic E-state index is 0.0866. The van der Waals surface area contributed by atoms with E-state index >= 15 is 0 Å². The molecule has 0 saturated heterocycles. The maximum atomic E-state index is 11.8. The highest BCUT2D eigenvalue weighted by atomic mass is 19.1. The van der Waals surface area contributed by atoms with Crippen LogP contribution in [-0.4, -0.2) is 43.5 Å². The molecule has 0 aliphatic heterocycles. The second-order valence-corrected chi connectivity index (χ2v) is 4.65. The molecule has 1 aromatic heterocycles. The first kappa shape index (κ1) is 16.9. The summed E-state index contributed by atoms with van der Waals surface area (Å²) in [5, 5.41) is 3.08. The van der Waals surface area contributed by atoms with Gasteiger partial charge in [0.1, 0.15) is 13.3 Å². The molecule has 0 aliphatic rings. The third-order valence-corrected chi connectivity index (χ3v) is 3.00. The lowest BCUT2D eigenvalue weighted by Crippen LogP contribution is -2.09. The summed E-state index contributed by atoms with van der Waals surface area (Å²) < 4.78 is 22.1. The molecule has 122 valence electrons. The van der Waals surface area contributed by atoms with Crippen LogP contribution in [0.3, 0.4) is 0 Å². The molecule has 0 amide bonds. The Labute approximate surface area is 135 Å². The van der Waals surface area contributed by atoms with Crippen LogP contribution in [0.1, 0.15) is 11.1 Å². The monoisotopic (exact) mass is 317 g/mol. The van der Waals surface area contributed by atoms with E-state index < -0.39 is 6.67 Å². The van der Waals surface area contributed by atoms with Gasteiger partial charge in [-0.15, -0.1) is 0 Å². The molecule has 0 unspecified atom stereocenters. The normalized spacial score (nSPS) is 10.9. The Morgan fingerprint density at radius 2 is 1.70 bits per heavy atom. The fourth-order valence-corrected chi connectivity index (χ4v) is 1.79. The number of nitrogens with zero attached hydrogens (tertiary/aromatic N) is 2. The van der Waals surface area contributed by atoms with Gasteiger partial charge in [0.25, 0.3) is 0 Å². The van der Waals surface area contributed by atoms with E-state index in [9.17, 15) is 4.39 Å². The third kappa shape index (κ3) is 6.04. The van der Waals surface area contributed by atoms with Crippen LogP contribution in [0.4, 0.5) is 10.1 Å². The van der Waals surface area contributed by atoms with Crippen LogP contribution in [0.15, 0.2) is 36.7 Å². The number of hydrogen-bond donors (Lipinski definition) is 1. The maximum Gasteiger partial charge on any atom is 0.316 e. The second-order valence-electron chi connectivity index (χ2n) is 4.65. The number of rotatable bonds is 9. The number of benzene rings is 1. The summed E-state index contributed by atoms with van der Waals surface area (Å²) in [6.45, 7) is 0.211. The first-order chi connectivity index (χ1) is 11.3. The van der Waals surface area contributed by atoms with Crippen molar-refractivity contribution in [2.45, 2.75) is 0 Å². The summed E-state index contributed by atoms with van der Waals surface area (Å²) in [6.07, 6.45) is 7.29. The zero-order valence-corrected chi connectivity index (χ0v) is 13.0. The van der Waals surface area contributed by atoms with Crippen LogP contribution in [-0.2, 0) is 4.74 Å². The number of aromatic nitrogens is 2. The molecule has 1 aromatic carbocycles. The average molecular weight is 317 g/mol. The van der Waals surface area contributed by atoms with Gasteiger partial charge in [-0.1, -0.05) is 24.3 Å². The smallest absolute Gasteiger partial charge is 0.316 e. The minimum Gasteiger partial charge on any atom is -0.461 e. The van der Waals surface area contributed by atoms with Gasteiger partial charge in [-0.05, 0) is 17.7 Å². The molecule has 1 heterocycles. The first-order valence-corrected chi connectivity index (χ1v) is 7.36. The van der Waals surface area contributed by atoms with Crippen molar-refractivity contribution in [3.63, 3.8) is 0 Å². The summed E-state index contributed by atoms with van der Waals surface area (Å²) in [5.74, 6) is 0. The van der Waals surface area contributed by atoms with Crippen molar-refractivity contribution in [1.82, 2.24) is 9.97 Å². The van der Waals surface area contributed by atoms with Crippen molar-refractivity contribution in [3.8, 4) is 6.01 Å². The van der Waals surface area contributed by atoms with Crippen molar-refractivity contribution in [2.24, 2.45) is 0 Å². The summed E-state index contributed by atoms with van der Waals surface area (Å²) in [7, 11) is 1.89. The van der Waals surface area contributed by atoms with Crippen molar-refractivity contribution in [2.75, 3.05) is 38.9 Å². The average Bonchev–Trinajstić information content (AvgIpc) is 2.61. The predicted octanol–water partition coefficient (Wildman–Crippen LogP) is 3.05. The molecule has 23 heavy (non-hydrogen) atoms. The summed E-state index contributed by atoms with van der Waals surface area (Å²) in [4.78, 5) is 8.22. The van der Waals surface area contributed by atoms with Gasteiger partial charge in [-0.3, -0.25) is 0 Å². The van der Waals surface area contributed by atoms with E-state index in [2.05, 4.69) is 15.3 Å². The molecular weight excluding hydrogens is 297 g/mol. The summed E-state index contributed by atoms with van der Waals surface area (Å²) in [6, 6.07) is 8.36. The van der Waals surface area contributed by atoms with Gasteiger partial charge in [0.2, 0.25) is 0 Å². The van der Waals surface area contributed by atoms with E-state index in [1.165, 1.54) is 0 Å². The number of nitrogens with one attached hydrogen (secondary N) is 1. The third-order valence-electron chi connectivity index (χ3n) is 3.00. The van der Waals surface area contributed by atoms with Crippen molar-refractivity contribution < 1.29 is 13.9 Å². The van der Waals surface area contributed by atoms with Gasteiger partial charge in [0.15, 0.2) is 0 Å². The van der Waals surface area contributed by atoms with Crippen molar-refractivity contribution in [1.29, 1.82) is 0 Å². The quantitative estimate of drug-likeness (QED) is 0.720. The Bertz CT molecular complexity index is 600. The Hall–Kier alpha value is -2.47. The lowest BCUT2D eigenvalue weighted by Gasteiger charge is -2.04. The van der Waals surface area contributed by atoms with Crippen LogP contribution < -0.4 is 10.1 Å². The maximum absolute atomic E-state index is 11.8. The summed E-state index contributed by atoms with van der Waals surface area (Å²) >= 11 is 0. The number of anilines is 1. The van der Waals surface area contributed by atoms with Crippen LogP contribution in [0.25, 0.3) is 12.2 Å². The second kappa shape index (κ2) is 9.53. The number of halogens is 1. The Morgan fingerprint density at radius 3 is 2.35 bits per heavy atom. The molecule has 5 nitrogen and oxygen atoms in total. The molecule has 0 fully saturated rings. The van der Waals surface area contributed by atoms with E-state index in [0.717, 1.165) is 16.8 Å². The van der Waals surface area contributed by atoms with Crippen molar-refractivity contribution in [3.05, 3.63) is 47.8 Å². The number of alkyl halides is 1. The lowest BCUT2D eigenvalue weighted by molar-refractivity contribution is 0.0868. The predicted molar refractivity (Wildman–Crippen MR) is 89.2 cm³/mol. The van der Waals surface area contributed by atoms with E-state index in [0.29, 0.717) is 13.2 Å². The van der Waals surface area contributed by atoms with E-state index in [1.54, 1.807) is 12.4 Å². The van der Waals surface area contributed by atoms with Gasteiger partial charge < -0.3 is 14.8 Å². The lowest BCUT2D eigenvalue weighted by atomic mass is 10.1. The molecule has 0 atom stereocenters.